The Morgan fingerprint density at radius 3 is 2.75 bits per heavy atom. The van der Waals surface area contributed by atoms with Crippen LogP contribution in [0.4, 0.5) is 5.69 Å². The Hall–Kier alpha value is -1.62. The van der Waals surface area contributed by atoms with Crippen molar-refractivity contribution in [2.75, 3.05) is 19.0 Å². The molecule has 1 aromatic carbocycles. The number of ether oxygens (including phenoxy) is 1. The van der Waals surface area contributed by atoms with Gasteiger partial charge in [0, 0.05) is 12.2 Å². The Labute approximate surface area is 125 Å². The number of benzene rings is 1. The van der Waals surface area contributed by atoms with Crippen molar-refractivity contribution in [3.05, 3.63) is 29.3 Å². The maximum absolute atomic E-state index is 11.6. The molecule has 0 heterocycles. The second kappa shape index (κ2) is 8.53. The third kappa shape index (κ3) is 4.81. The maximum atomic E-state index is 11.6. The molecule has 0 aliphatic heterocycles. The van der Waals surface area contributed by atoms with Crippen molar-refractivity contribution in [1.82, 2.24) is 5.32 Å². The lowest BCUT2D eigenvalue weighted by Crippen LogP contribution is -2.29. The van der Waals surface area contributed by atoms with Gasteiger partial charge in [0.2, 0.25) is 0 Å². The van der Waals surface area contributed by atoms with E-state index < -0.39 is 0 Å². The number of carbonyl (C=O) groups is 1. The number of anilines is 1. The van der Waals surface area contributed by atoms with Crippen LogP contribution in [0.5, 0.6) is 0 Å². The average molecular weight is 294 g/mol. The quantitative estimate of drug-likeness (QED) is 0.479. The van der Waals surface area contributed by atoms with Gasteiger partial charge < -0.3 is 15.4 Å². The third-order valence-corrected chi connectivity index (χ3v) is 3.30. The molecule has 0 spiro atoms. The molecule has 1 rings (SSSR count). The Morgan fingerprint density at radius 1 is 1.35 bits per heavy atom. The number of esters is 1. The number of nitrogens with one attached hydrogen (secondary N) is 2. The van der Waals surface area contributed by atoms with Crippen LogP contribution >= 0.6 is 12.2 Å². The topological polar surface area (TPSA) is 50.4 Å². The molecule has 0 unspecified atom stereocenters. The Morgan fingerprint density at radius 2 is 2.10 bits per heavy atom. The first kappa shape index (κ1) is 16.4. The molecule has 0 bridgehead atoms. The first-order chi connectivity index (χ1) is 9.60. The minimum atomic E-state index is -0.340. The van der Waals surface area contributed by atoms with Crippen LogP contribution in [0.1, 0.15) is 42.1 Å². The van der Waals surface area contributed by atoms with Gasteiger partial charge in [-0.1, -0.05) is 25.8 Å². The number of unbranched alkanes of at least 4 members (excludes halogenated alkanes) is 2. The lowest BCUT2D eigenvalue weighted by atomic mass is 10.1. The minimum Gasteiger partial charge on any atom is -0.465 e. The normalized spacial score (nSPS) is 9.95. The Bertz CT molecular complexity index is 475. The van der Waals surface area contributed by atoms with Crippen LogP contribution < -0.4 is 10.6 Å². The number of carbonyl (C=O) groups excluding carboxylic acids is 1. The molecule has 20 heavy (non-hydrogen) atoms. The summed E-state index contributed by atoms with van der Waals surface area (Å²) in [6, 6.07) is 5.44. The molecular formula is C15H22N2O2S. The zero-order chi connectivity index (χ0) is 15.0. The van der Waals surface area contributed by atoms with Crippen LogP contribution in [0.25, 0.3) is 0 Å². The molecule has 0 radical (unpaired) electrons. The lowest BCUT2D eigenvalue weighted by Gasteiger charge is -2.14. The number of methoxy groups -OCH3 is 1. The van der Waals surface area contributed by atoms with Gasteiger partial charge in [-0.3, -0.25) is 0 Å². The van der Waals surface area contributed by atoms with Crippen molar-refractivity contribution < 1.29 is 9.53 Å². The van der Waals surface area contributed by atoms with Gasteiger partial charge in [-0.25, -0.2) is 4.79 Å². The molecule has 0 saturated carbocycles. The summed E-state index contributed by atoms with van der Waals surface area (Å²) in [5.74, 6) is -0.340. The number of rotatable bonds is 6. The fourth-order valence-corrected chi connectivity index (χ4v) is 2.06. The zero-order valence-electron chi connectivity index (χ0n) is 12.3. The summed E-state index contributed by atoms with van der Waals surface area (Å²) in [6.07, 6.45) is 3.47. The monoisotopic (exact) mass is 294 g/mol. The van der Waals surface area contributed by atoms with Gasteiger partial charge >= 0.3 is 5.97 Å². The highest BCUT2D eigenvalue weighted by Gasteiger charge is 2.12. The standard InChI is InChI=1S/C15H22N2O2S/c1-4-5-6-10-16-15(20)17-13-9-7-8-12(11(13)2)14(18)19-3/h7-9H,4-6,10H2,1-3H3,(H2,16,17,20). The fourth-order valence-electron chi connectivity index (χ4n) is 1.85. The number of thiocarbonyl (C=S) groups is 1. The van der Waals surface area contributed by atoms with Crippen LogP contribution in [-0.2, 0) is 4.74 Å². The van der Waals surface area contributed by atoms with Crippen molar-refractivity contribution in [3.63, 3.8) is 0 Å². The van der Waals surface area contributed by atoms with Gasteiger partial charge in [0.15, 0.2) is 5.11 Å². The smallest absolute Gasteiger partial charge is 0.338 e. The SMILES string of the molecule is CCCCCNC(=S)Nc1cccc(C(=O)OC)c1C. The number of hydrogen-bond acceptors (Lipinski definition) is 3. The molecule has 2 N–H and O–H groups in total. The van der Waals surface area contributed by atoms with Crippen molar-refractivity contribution in [3.8, 4) is 0 Å². The molecule has 110 valence electrons. The van der Waals surface area contributed by atoms with Gasteiger partial charge in [-0.05, 0) is 43.3 Å². The second-order valence-electron chi connectivity index (χ2n) is 4.56. The maximum Gasteiger partial charge on any atom is 0.338 e. The van der Waals surface area contributed by atoms with Crippen molar-refractivity contribution >= 4 is 29.0 Å². The van der Waals surface area contributed by atoms with E-state index >= 15 is 0 Å². The number of hydrogen-bond donors (Lipinski definition) is 2. The van der Waals surface area contributed by atoms with Gasteiger partial charge in [0.05, 0.1) is 12.7 Å². The molecule has 0 amide bonds. The third-order valence-electron chi connectivity index (χ3n) is 3.05. The molecule has 0 aromatic heterocycles. The average Bonchev–Trinajstić information content (AvgIpc) is 2.45. The summed E-state index contributed by atoms with van der Waals surface area (Å²) in [5.41, 5.74) is 2.20. The lowest BCUT2D eigenvalue weighted by molar-refractivity contribution is 0.0600. The van der Waals surface area contributed by atoms with Crippen LogP contribution in [0.2, 0.25) is 0 Å². The summed E-state index contributed by atoms with van der Waals surface area (Å²) < 4.78 is 4.75. The van der Waals surface area contributed by atoms with Gasteiger partial charge in [-0.2, -0.15) is 0 Å². The van der Waals surface area contributed by atoms with E-state index in [9.17, 15) is 4.79 Å². The first-order valence-corrected chi connectivity index (χ1v) is 7.23. The minimum absolute atomic E-state index is 0.340. The van der Waals surface area contributed by atoms with Crippen LogP contribution in [-0.4, -0.2) is 24.7 Å². The van der Waals surface area contributed by atoms with Gasteiger partial charge in [0.1, 0.15) is 0 Å². The summed E-state index contributed by atoms with van der Waals surface area (Å²) >= 11 is 5.24. The van der Waals surface area contributed by atoms with E-state index in [1.54, 1.807) is 12.1 Å². The molecule has 1 aromatic rings. The van der Waals surface area contributed by atoms with Gasteiger partial charge in [-0.15, -0.1) is 0 Å². The summed E-state index contributed by atoms with van der Waals surface area (Å²) in [6.45, 7) is 4.89. The van der Waals surface area contributed by atoms with Crippen molar-refractivity contribution in [1.29, 1.82) is 0 Å². The molecule has 0 saturated heterocycles. The highest BCUT2D eigenvalue weighted by atomic mass is 32.1. The Balaban J connectivity index is 2.64. The van der Waals surface area contributed by atoms with E-state index in [0.717, 1.165) is 24.2 Å². The van der Waals surface area contributed by atoms with Crippen molar-refractivity contribution in [2.45, 2.75) is 33.1 Å². The molecule has 0 fully saturated rings. The summed E-state index contributed by atoms with van der Waals surface area (Å²) in [5, 5.41) is 6.85. The highest BCUT2D eigenvalue weighted by Crippen LogP contribution is 2.19. The van der Waals surface area contributed by atoms with E-state index in [-0.39, 0.29) is 5.97 Å². The largest absolute Gasteiger partial charge is 0.465 e. The predicted octanol–water partition coefficient (Wildman–Crippen LogP) is 3.26. The Kier molecular flexibility index (Phi) is 7.01. The first-order valence-electron chi connectivity index (χ1n) is 6.83. The fraction of sp³-hybridized carbons (Fsp3) is 0.467. The van der Waals surface area contributed by atoms with E-state index in [4.69, 9.17) is 17.0 Å². The van der Waals surface area contributed by atoms with E-state index in [2.05, 4.69) is 17.6 Å². The molecule has 5 heteroatoms. The van der Waals surface area contributed by atoms with Crippen LogP contribution in [0.15, 0.2) is 18.2 Å². The zero-order valence-corrected chi connectivity index (χ0v) is 13.1. The highest BCUT2D eigenvalue weighted by molar-refractivity contribution is 7.80. The van der Waals surface area contributed by atoms with E-state index in [0.29, 0.717) is 10.7 Å². The molecular weight excluding hydrogens is 272 g/mol. The van der Waals surface area contributed by atoms with Gasteiger partial charge in [0.25, 0.3) is 0 Å². The summed E-state index contributed by atoms with van der Waals surface area (Å²) in [4.78, 5) is 11.6. The summed E-state index contributed by atoms with van der Waals surface area (Å²) in [7, 11) is 1.38. The van der Waals surface area contributed by atoms with Crippen LogP contribution in [0, 0.1) is 6.92 Å². The van der Waals surface area contributed by atoms with E-state index in [1.165, 1.54) is 20.0 Å². The van der Waals surface area contributed by atoms with E-state index in [1.807, 2.05) is 13.0 Å². The molecule has 0 atom stereocenters. The molecule has 0 aliphatic rings. The molecule has 0 aliphatic carbocycles. The molecule has 4 nitrogen and oxygen atoms in total. The van der Waals surface area contributed by atoms with Crippen LogP contribution in [0.3, 0.4) is 0 Å². The predicted molar refractivity (Wildman–Crippen MR) is 86.3 cm³/mol. The van der Waals surface area contributed by atoms with Crippen molar-refractivity contribution in [2.24, 2.45) is 0 Å². The second-order valence-corrected chi connectivity index (χ2v) is 4.97.